The fourth-order valence-corrected chi connectivity index (χ4v) is 9.95. The summed E-state index contributed by atoms with van der Waals surface area (Å²) in [5.74, 6) is -0.112. The van der Waals surface area contributed by atoms with Gasteiger partial charge in [0.15, 0.2) is 0 Å². The van der Waals surface area contributed by atoms with Gasteiger partial charge in [-0.1, -0.05) is 25.0 Å². The van der Waals surface area contributed by atoms with Crippen LogP contribution < -0.4 is 26.1 Å². The molecule has 2 aromatic carbocycles. The second-order valence-electron chi connectivity index (χ2n) is 16.5. The summed E-state index contributed by atoms with van der Waals surface area (Å²) in [7, 11) is 1.74. The number of pyridine rings is 1. The Bertz CT molecular complexity index is 2420. The van der Waals surface area contributed by atoms with E-state index in [9.17, 15) is 19.2 Å². The van der Waals surface area contributed by atoms with Crippen LogP contribution >= 0.6 is 0 Å². The Morgan fingerprint density at radius 2 is 1.59 bits per heavy atom. The molecule has 0 radical (unpaired) electrons. The number of rotatable bonds is 7. The number of aromatic nitrogens is 4. The molecule has 1 saturated carbocycles. The molecule has 13 nitrogen and oxygen atoms in total. The smallest absolute Gasteiger partial charge is 0.329 e. The van der Waals surface area contributed by atoms with E-state index in [1.807, 2.05) is 36.5 Å². The molecule has 4 fully saturated rings. The number of fused-ring (bicyclic) bond motifs is 3. The van der Waals surface area contributed by atoms with E-state index in [2.05, 4.69) is 60.6 Å². The van der Waals surface area contributed by atoms with Crippen LogP contribution in [0.1, 0.15) is 60.6 Å². The minimum atomic E-state index is -0.679. The highest BCUT2D eigenvalue weighted by atomic mass is 16.2. The minimum Gasteiger partial charge on any atom is -0.371 e. The average Bonchev–Trinajstić information content (AvgIpc) is 3.93. The first-order valence-corrected chi connectivity index (χ1v) is 20.1. The maximum absolute atomic E-state index is 13.2. The molecular weight excluding hydrogens is 707 g/mol. The van der Waals surface area contributed by atoms with Gasteiger partial charge in [-0.15, -0.1) is 0 Å². The number of aryl methyl sites for hydroxylation is 1. The summed E-state index contributed by atoms with van der Waals surface area (Å²) in [5.41, 5.74) is 9.48. The number of amides is 3. The van der Waals surface area contributed by atoms with Gasteiger partial charge < -0.3 is 20.1 Å². The molecule has 7 heterocycles. The van der Waals surface area contributed by atoms with Crippen molar-refractivity contribution < 1.29 is 14.4 Å². The maximum Gasteiger partial charge on any atom is 0.329 e. The van der Waals surface area contributed by atoms with Gasteiger partial charge in [0.1, 0.15) is 6.04 Å². The highest BCUT2D eigenvalue weighted by Crippen LogP contribution is 2.44. The normalized spacial score (nSPS) is 21.4. The van der Waals surface area contributed by atoms with Gasteiger partial charge in [-0.3, -0.25) is 38.7 Å². The van der Waals surface area contributed by atoms with E-state index < -0.39 is 11.9 Å². The van der Waals surface area contributed by atoms with Crippen molar-refractivity contribution >= 4 is 40.1 Å². The first-order chi connectivity index (χ1) is 27.2. The number of carbonyl (C=O) groups excluding carboxylic acids is 3. The third kappa shape index (κ3) is 5.91. The fourth-order valence-electron chi connectivity index (χ4n) is 9.95. The van der Waals surface area contributed by atoms with E-state index in [4.69, 9.17) is 4.98 Å². The number of carbonyl (C=O) groups is 3. The van der Waals surface area contributed by atoms with Gasteiger partial charge in [0.05, 0.1) is 22.3 Å². The van der Waals surface area contributed by atoms with Crippen LogP contribution in [0.3, 0.4) is 0 Å². The van der Waals surface area contributed by atoms with Crippen LogP contribution in [0.2, 0.25) is 0 Å². The molecule has 288 valence electrons. The van der Waals surface area contributed by atoms with Crippen LogP contribution in [-0.2, 0) is 22.1 Å². The van der Waals surface area contributed by atoms with Crippen LogP contribution in [-0.4, -0.2) is 94.1 Å². The molecule has 5 aliphatic rings. The average molecular weight is 754 g/mol. The molecule has 10 rings (SSSR count). The number of anilines is 2. The van der Waals surface area contributed by atoms with E-state index in [-0.39, 0.29) is 29.3 Å². The van der Waals surface area contributed by atoms with Crippen molar-refractivity contribution in [2.45, 2.75) is 50.0 Å². The monoisotopic (exact) mass is 753 g/mol. The van der Waals surface area contributed by atoms with Crippen molar-refractivity contribution in [1.82, 2.24) is 34.6 Å². The number of hydrogen-bond donors (Lipinski definition) is 3. The van der Waals surface area contributed by atoms with Crippen molar-refractivity contribution in [1.29, 1.82) is 0 Å². The van der Waals surface area contributed by atoms with Crippen molar-refractivity contribution in [3.8, 4) is 22.5 Å². The summed E-state index contributed by atoms with van der Waals surface area (Å²) < 4.78 is 3.14. The number of imidazole rings is 1. The summed E-state index contributed by atoms with van der Waals surface area (Å²) in [6.45, 7) is 7.70. The van der Waals surface area contributed by atoms with Crippen molar-refractivity contribution in [2.75, 3.05) is 62.2 Å². The number of aromatic amines is 1. The zero-order chi connectivity index (χ0) is 38.1. The Morgan fingerprint density at radius 1 is 0.821 bits per heavy atom. The standard InChI is InChI=1S/C43H47N9O4/c1-48-37-21-31(8-9-35(37)52(42(48)56)36-10-11-38(53)47-41(36)55)51-24-27(25-51)23-49-16-18-50(19-17-49)30-6-4-28(5-7-30)33-20-29(12-15-44-33)34-22-32-39(46-34)43(13-2-3-14-43)26-45-40(32)54/h4-9,12,15,20-22,27,36,46H,2-3,10-11,13-14,16-19,23-26H2,1H3,(H,45,54)(H,47,53,55). The van der Waals surface area contributed by atoms with Crippen molar-refractivity contribution in [3.63, 3.8) is 0 Å². The molecule has 56 heavy (non-hydrogen) atoms. The SMILES string of the molecule is Cn1c(=O)n(C2CCC(=O)NC2=O)c2ccc(N3CC(CN4CCN(c5ccc(-c6cc(-c7cc8c([nH]7)C7(CCCC7)CNC8=O)ccn6)cc5)CC4)C3)cc21. The molecule has 1 atom stereocenters. The number of hydrogen-bond acceptors (Lipinski definition) is 8. The number of H-pyrrole nitrogens is 1. The van der Waals surface area contributed by atoms with Gasteiger partial charge in [-0.25, -0.2) is 4.79 Å². The predicted octanol–water partition coefficient (Wildman–Crippen LogP) is 4.19. The number of piperidine rings is 1. The number of benzene rings is 2. The molecule has 3 aromatic heterocycles. The van der Waals surface area contributed by atoms with Gasteiger partial charge in [-0.2, -0.15) is 0 Å². The third-order valence-electron chi connectivity index (χ3n) is 13.1. The molecule has 3 N–H and O–H groups in total. The second-order valence-corrected chi connectivity index (χ2v) is 16.5. The topological polar surface area (TPSA) is 141 Å². The van der Waals surface area contributed by atoms with Gasteiger partial charge in [-0.05, 0) is 67.8 Å². The second kappa shape index (κ2) is 13.5. The molecule has 13 heteroatoms. The Hall–Kier alpha value is -5.69. The number of piperazine rings is 1. The molecule has 4 aliphatic heterocycles. The first kappa shape index (κ1) is 34.8. The highest BCUT2D eigenvalue weighted by molar-refractivity contribution is 6.00. The lowest BCUT2D eigenvalue weighted by Gasteiger charge is -2.45. The molecule has 1 spiro atoms. The van der Waals surface area contributed by atoms with E-state index in [1.165, 1.54) is 23.1 Å². The Labute approximate surface area is 324 Å². The van der Waals surface area contributed by atoms with E-state index in [0.29, 0.717) is 17.9 Å². The molecule has 1 aliphatic carbocycles. The zero-order valence-corrected chi connectivity index (χ0v) is 31.7. The zero-order valence-electron chi connectivity index (χ0n) is 31.7. The lowest BCUT2D eigenvalue weighted by molar-refractivity contribution is -0.135. The Morgan fingerprint density at radius 3 is 2.36 bits per heavy atom. The summed E-state index contributed by atoms with van der Waals surface area (Å²) in [4.78, 5) is 66.0. The number of nitrogens with one attached hydrogen (secondary N) is 3. The van der Waals surface area contributed by atoms with Gasteiger partial charge in [0.25, 0.3) is 5.91 Å². The van der Waals surface area contributed by atoms with Crippen LogP contribution in [0.5, 0.6) is 0 Å². The molecule has 3 saturated heterocycles. The molecular formula is C43H47N9O4. The third-order valence-corrected chi connectivity index (χ3v) is 13.1. The summed E-state index contributed by atoms with van der Waals surface area (Å²) >= 11 is 0. The maximum atomic E-state index is 13.2. The van der Waals surface area contributed by atoms with Gasteiger partial charge in [0.2, 0.25) is 11.8 Å². The number of nitrogens with zero attached hydrogens (tertiary/aromatic N) is 6. The Kier molecular flexibility index (Phi) is 8.39. The molecule has 0 bridgehead atoms. The van der Waals surface area contributed by atoms with E-state index >= 15 is 0 Å². The highest BCUT2D eigenvalue weighted by Gasteiger charge is 2.43. The van der Waals surface area contributed by atoms with E-state index in [1.54, 1.807) is 11.6 Å². The van der Waals surface area contributed by atoms with Gasteiger partial charge >= 0.3 is 5.69 Å². The number of imide groups is 1. The summed E-state index contributed by atoms with van der Waals surface area (Å²) in [6.07, 6.45) is 7.04. The van der Waals surface area contributed by atoms with Crippen LogP contribution in [0.4, 0.5) is 11.4 Å². The quantitative estimate of drug-likeness (QED) is 0.211. The predicted molar refractivity (Wildman–Crippen MR) is 215 cm³/mol. The molecule has 5 aromatic rings. The molecule has 3 amide bonds. The lowest BCUT2D eigenvalue weighted by atomic mass is 9.78. The fraction of sp³-hybridized carbons (Fsp3) is 0.419. The van der Waals surface area contributed by atoms with Crippen LogP contribution in [0.15, 0.2) is 71.7 Å². The van der Waals surface area contributed by atoms with Crippen molar-refractivity contribution in [3.05, 3.63) is 88.6 Å². The van der Waals surface area contributed by atoms with Crippen LogP contribution in [0, 0.1) is 5.92 Å². The first-order valence-electron chi connectivity index (χ1n) is 20.1. The lowest BCUT2D eigenvalue weighted by Crippen LogP contribution is -2.55. The van der Waals surface area contributed by atoms with E-state index in [0.717, 1.165) is 110 Å². The van der Waals surface area contributed by atoms with Gasteiger partial charge in [0, 0.05) is 117 Å². The van der Waals surface area contributed by atoms with Crippen LogP contribution in [0.25, 0.3) is 33.5 Å². The van der Waals surface area contributed by atoms with Crippen molar-refractivity contribution in [2.24, 2.45) is 13.0 Å². The Balaban J connectivity index is 0.741. The summed E-state index contributed by atoms with van der Waals surface area (Å²) in [6, 6.07) is 20.2. The largest absolute Gasteiger partial charge is 0.371 e. The minimum absolute atomic E-state index is 0.0175. The molecule has 1 unspecified atom stereocenters. The summed E-state index contributed by atoms with van der Waals surface area (Å²) in [5, 5.41) is 5.52.